The maximum atomic E-state index is 13.1. The van der Waals surface area contributed by atoms with E-state index in [1.54, 1.807) is 21.3 Å². The maximum absolute atomic E-state index is 13.1. The molecule has 0 unspecified atom stereocenters. The first kappa shape index (κ1) is 29.1. The number of hydrogen-bond donors (Lipinski definition) is 2. The summed E-state index contributed by atoms with van der Waals surface area (Å²) in [6, 6.07) is 21.5. The smallest absolute Gasteiger partial charge is 0.337 e. The second kappa shape index (κ2) is 13.1. The van der Waals surface area contributed by atoms with Gasteiger partial charge in [0.1, 0.15) is 0 Å². The number of hydrazone groups is 1. The van der Waals surface area contributed by atoms with Gasteiger partial charge in [0.15, 0.2) is 11.5 Å². The zero-order chi connectivity index (χ0) is 29.6. The van der Waals surface area contributed by atoms with Crippen molar-refractivity contribution >= 4 is 23.3 Å². The van der Waals surface area contributed by atoms with Crippen molar-refractivity contribution in [3.8, 4) is 11.5 Å². The molecule has 2 aliphatic rings. The Bertz CT molecular complexity index is 1430. The molecule has 9 nitrogen and oxygen atoms in total. The number of rotatable bonds is 7. The van der Waals surface area contributed by atoms with Crippen LogP contribution in [0.3, 0.4) is 0 Å². The molecule has 3 amide bonds. The fourth-order valence-electron chi connectivity index (χ4n) is 5.70. The molecule has 9 heteroatoms. The lowest BCUT2D eigenvalue weighted by Crippen LogP contribution is -2.41. The Morgan fingerprint density at radius 2 is 1.62 bits per heavy atom. The van der Waals surface area contributed by atoms with E-state index in [1.165, 1.54) is 10.6 Å². The van der Waals surface area contributed by atoms with Crippen molar-refractivity contribution in [3.05, 3.63) is 89.0 Å². The van der Waals surface area contributed by atoms with E-state index in [0.29, 0.717) is 23.6 Å². The quantitative estimate of drug-likeness (QED) is 0.422. The summed E-state index contributed by atoms with van der Waals surface area (Å²) in [7, 11) is 4.80. The normalized spacial score (nSPS) is 17.5. The third-order valence-electron chi connectivity index (χ3n) is 8.06. The second-order valence-corrected chi connectivity index (χ2v) is 10.9. The Morgan fingerprint density at radius 3 is 2.26 bits per heavy atom. The van der Waals surface area contributed by atoms with Gasteiger partial charge in [-0.3, -0.25) is 9.69 Å². The Hall–Kier alpha value is -4.37. The Morgan fingerprint density at radius 1 is 0.952 bits per heavy atom. The van der Waals surface area contributed by atoms with E-state index >= 15 is 0 Å². The van der Waals surface area contributed by atoms with Crippen LogP contribution in [0.25, 0.3) is 0 Å². The summed E-state index contributed by atoms with van der Waals surface area (Å²) in [5, 5.41) is 12.1. The highest BCUT2D eigenvalue weighted by Gasteiger charge is 2.29. The van der Waals surface area contributed by atoms with E-state index in [-0.39, 0.29) is 23.9 Å². The Labute approximate surface area is 247 Å². The average Bonchev–Trinajstić information content (AvgIpc) is 3.16. The van der Waals surface area contributed by atoms with Gasteiger partial charge in [-0.1, -0.05) is 42.5 Å². The number of nitrogens with one attached hydrogen (secondary N) is 2. The number of benzene rings is 3. The van der Waals surface area contributed by atoms with Gasteiger partial charge in [0, 0.05) is 36.3 Å². The van der Waals surface area contributed by atoms with Crippen LogP contribution in [0.5, 0.6) is 11.5 Å². The van der Waals surface area contributed by atoms with Crippen molar-refractivity contribution in [1.29, 1.82) is 0 Å². The van der Waals surface area contributed by atoms with Crippen LogP contribution in [0.4, 0.5) is 10.5 Å². The van der Waals surface area contributed by atoms with Gasteiger partial charge in [0.05, 0.1) is 26.0 Å². The molecule has 0 spiro atoms. The number of piperidine rings is 1. The fraction of sp³-hybridized carbons (Fsp3) is 0.364. The first-order valence-electron chi connectivity index (χ1n) is 14.4. The molecule has 3 aromatic rings. The first-order valence-corrected chi connectivity index (χ1v) is 14.4. The summed E-state index contributed by atoms with van der Waals surface area (Å²) in [4.78, 5) is 28.3. The average molecular weight is 570 g/mol. The molecule has 1 atom stereocenters. The van der Waals surface area contributed by atoms with Crippen molar-refractivity contribution in [3.63, 3.8) is 0 Å². The molecule has 220 valence electrons. The van der Waals surface area contributed by atoms with Crippen molar-refractivity contribution in [2.24, 2.45) is 11.0 Å². The predicted molar refractivity (Wildman–Crippen MR) is 164 cm³/mol. The molecule has 1 saturated heterocycles. The van der Waals surface area contributed by atoms with Crippen molar-refractivity contribution < 1.29 is 19.1 Å². The molecular formula is C33H39N5O4. The molecular weight excluding hydrogens is 530 g/mol. The summed E-state index contributed by atoms with van der Waals surface area (Å²) in [6.45, 7) is 4.69. The van der Waals surface area contributed by atoms with Gasteiger partial charge in [-0.15, -0.1) is 0 Å². The summed E-state index contributed by atoms with van der Waals surface area (Å²) in [5.74, 6) is 1.25. The van der Waals surface area contributed by atoms with Gasteiger partial charge >= 0.3 is 6.03 Å². The van der Waals surface area contributed by atoms with E-state index in [1.807, 2.05) is 49.4 Å². The van der Waals surface area contributed by atoms with Crippen LogP contribution in [-0.2, 0) is 17.8 Å². The number of fused-ring (bicyclic) bond motifs is 1. The van der Waals surface area contributed by atoms with E-state index in [2.05, 4.69) is 39.8 Å². The van der Waals surface area contributed by atoms with E-state index in [9.17, 15) is 9.59 Å². The van der Waals surface area contributed by atoms with E-state index in [0.717, 1.165) is 54.9 Å². The van der Waals surface area contributed by atoms with Crippen molar-refractivity contribution in [2.45, 2.75) is 38.8 Å². The van der Waals surface area contributed by atoms with Crippen molar-refractivity contribution in [1.82, 2.24) is 15.2 Å². The number of anilines is 1. The molecule has 5 rings (SSSR count). The summed E-state index contributed by atoms with van der Waals surface area (Å²) in [5.41, 5.74) is 5.35. The number of ether oxygens (including phenoxy) is 2. The van der Waals surface area contributed by atoms with Crippen molar-refractivity contribution in [2.75, 3.05) is 39.7 Å². The molecule has 3 aromatic carbocycles. The van der Waals surface area contributed by atoms with Gasteiger partial charge in [-0.05, 0) is 74.7 Å². The second-order valence-electron chi connectivity index (χ2n) is 10.9. The van der Waals surface area contributed by atoms with Crippen LogP contribution >= 0.6 is 0 Å². The SMILES string of the molecule is CNC(=O)N1N=C(c2ccc(NC(=O)C3CCN(Cc4ccccc4)CC3)cc2)c2cc(OC)c(OC)cc2C[C@H]1C. The number of hydrogen-bond acceptors (Lipinski definition) is 6. The summed E-state index contributed by atoms with van der Waals surface area (Å²) < 4.78 is 11.1. The third-order valence-corrected chi connectivity index (χ3v) is 8.06. The van der Waals surface area contributed by atoms with Gasteiger partial charge in [-0.25, -0.2) is 9.80 Å². The van der Waals surface area contributed by atoms with E-state index < -0.39 is 0 Å². The van der Waals surface area contributed by atoms with Gasteiger partial charge < -0.3 is 20.1 Å². The monoisotopic (exact) mass is 569 g/mol. The van der Waals surface area contributed by atoms with Crippen LogP contribution < -0.4 is 20.1 Å². The van der Waals surface area contributed by atoms with Crippen LogP contribution in [0.1, 0.15) is 42.0 Å². The number of carbonyl (C=O) groups excluding carboxylic acids is 2. The minimum absolute atomic E-state index is 0.0140. The molecule has 0 radical (unpaired) electrons. The fourth-order valence-corrected chi connectivity index (χ4v) is 5.70. The number of amides is 3. The molecule has 2 N–H and O–H groups in total. The number of likely N-dealkylation sites (tertiary alicyclic amines) is 1. The molecule has 2 aliphatic heterocycles. The van der Waals surface area contributed by atoms with Gasteiger partial charge in [-0.2, -0.15) is 5.10 Å². The number of urea groups is 1. The Kier molecular flexibility index (Phi) is 9.07. The number of carbonyl (C=O) groups is 2. The van der Waals surface area contributed by atoms with E-state index in [4.69, 9.17) is 14.6 Å². The number of nitrogens with zero attached hydrogens (tertiary/aromatic N) is 3. The van der Waals surface area contributed by atoms with Gasteiger partial charge in [0.25, 0.3) is 0 Å². The van der Waals surface area contributed by atoms with Crippen LogP contribution in [0, 0.1) is 5.92 Å². The molecule has 0 bridgehead atoms. The largest absolute Gasteiger partial charge is 0.493 e. The molecule has 0 aliphatic carbocycles. The van der Waals surface area contributed by atoms with Crippen LogP contribution in [0.2, 0.25) is 0 Å². The summed E-state index contributed by atoms with van der Waals surface area (Å²) >= 11 is 0. The first-order chi connectivity index (χ1) is 20.4. The van der Waals surface area contributed by atoms with Gasteiger partial charge in [0.2, 0.25) is 5.91 Å². The highest BCUT2D eigenvalue weighted by Crippen LogP contribution is 2.35. The lowest BCUT2D eigenvalue weighted by Gasteiger charge is -2.31. The van der Waals surface area contributed by atoms with Crippen LogP contribution in [-0.4, -0.2) is 68.0 Å². The van der Waals surface area contributed by atoms with Crippen LogP contribution in [0.15, 0.2) is 71.8 Å². The molecule has 1 fully saturated rings. The number of methoxy groups -OCH3 is 2. The minimum atomic E-state index is -0.287. The zero-order valence-corrected chi connectivity index (χ0v) is 24.7. The summed E-state index contributed by atoms with van der Waals surface area (Å²) in [6.07, 6.45) is 2.26. The lowest BCUT2D eigenvalue weighted by molar-refractivity contribution is -0.121. The highest BCUT2D eigenvalue weighted by molar-refractivity contribution is 6.14. The molecule has 42 heavy (non-hydrogen) atoms. The Balaban J connectivity index is 1.32. The zero-order valence-electron chi connectivity index (χ0n) is 24.7. The topological polar surface area (TPSA) is 95.5 Å². The predicted octanol–water partition coefficient (Wildman–Crippen LogP) is 4.89. The third kappa shape index (κ3) is 6.41. The molecule has 0 aromatic heterocycles. The minimum Gasteiger partial charge on any atom is -0.493 e. The molecule has 2 heterocycles. The maximum Gasteiger partial charge on any atom is 0.337 e. The molecule has 0 saturated carbocycles. The lowest BCUT2D eigenvalue weighted by atomic mass is 9.93. The highest BCUT2D eigenvalue weighted by atomic mass is 16.5. The standard InChI is InChI=1S/C33H39N5O4/c1-22-18-26-19-29(41-3)30(42-4)20-28(26)31(36-38(22)33(40)34-2)24-10-12-27(13-11-24)35-32(39)25-14-16-37(17-15-25)21-23-8-6-5-7-9-23/h5-13,19-20,22,25H,14-18,21H2,1-4H3,(H,34,40)(H,35,39)/t22-/m1/s1.